The van der Waals surface area contributed by atoms with Crippen LogP contribution >= 0.6 is 23.2 Å². The van der Waals surface area contributed by atoms with Crippen LogP contribution in [0.5, 0.6) is 51.7 Å². The minimum Gasteiger partial charge on any atom is -0.507 e. The molecule has 8 aliphatic heterocycles. The fourth-order valence-corrected chi connectivity index (χ4v) is 16.8. The highest BCUT2D eigenvalue weighted by atomic mass is 35.5. The van der Waals surface area contributed by atoms with E-state index in [1.807, 2.05) is 13.8 Å². The fourth-order valence-electron chi connectivity index (χ4n) is 16.3. The predicted molar refractivity (Wildman–Crippen MR) is 446 cm³/mol. The number of fused-ring (bicyclic) bond motifs is 16. The van der Waals surface area contributed by atoms with Crippen molar-refractivity contribution in [2.24, 2.45) is 23.5 Å². The van der Waals surface area contributed by atoms with Crippen LogP contribution in [0.4, 0.5) is 15.3 Å². The van der Waals surface area contributed by atoms with E-state index in [9.17, 15) is 69.9 Å². The summed E-state index contributed by atoms with van der Waals surface area (Å²) in [5, 5.41) is 128. The van der Waals surface area contributed by atoms with Crippen molar-refractivity contribution in [3.05, 3.63) is 140 Å². The number of carbonyl (C=O) groups excluding carboxylic acids is 9. The van der Waals surface area contributed by atoms with Crippen LogP contribution in [0.3, 0.4) is 0 Å². The average Bonchev–Trinajstić information content (AvgIpc) is 1.58. The zero-order valence-electron chi connectivity index (χ0n) is 69.2. The largest absolute Gasteiger partial charge is 0.507 e. The first-order chi connectivity index (χ1) is 59.5. The van der Waals surface area contributed by atoms with Gasteiger partial charge >= 0.3 is 18.1 Å². The lowest BCUT2D eigenvalue weighted by molar-refractivity contribution is -0.332. The number of nitrogens with two attached hydrogens (primary N) is 1. The molecule has 3 saturated heterocycles. The molecule has 8 amide bonds. The third-order valence-electron chi connectivity index (χ3n) is 22.9. The first-order valence-electron chi connectivity index (χ1n) is 41.3. The van der Waals surface area contributed by atoms with E-state index >= 15 is 24.0 Å². The number of carboxylic acid groups (broad SMARTS) is 1. The summed E-state index contributed by atoms with van der Waals surface area (Å²) in [6.45, 7) is 10.5. The third-order valence-corrected chi connectivity index (χ3v) is 23.5. The number of Topliss-reactive ketones (excluding diaryl/α,β-unsaturated/α-hetero) is 2. The molecule has 672 valence electrons. The molecule has 0 radical (unpaired) electrons. The van der Waals surface area contributed by atoms with E-state index in [2.05, 4.69) is 49.5 Å². The number of urea groups is 1. The molecule has 11 bridgehead atoms. The van der Waals surface area contributed by atoms with Gasteiger partial charge in [0.25, 0.3) is 0 Å². The van der Waals surface area contributed by atoms with E-state index in [4.69, 9.17) is 66.8 Å². The molecule has 125 heavy (non-hydrogen) atoms. The summed E-state index contributed by atoms with van der Waals surface area (Å²) in [6, 6.07) is 11.1. The normalized spacial score (nSPS) is 26.4. The van der Waals surface area contributed by atoms with E-state index in [0.717, 1.165) is 67.8 Å². The number of primary amides is 1. The summed E-state index contributed by atoms with van der Waals surface area (Å²) in [4.78, 5) is 146. The van der Waals surface area contributed by atoms with Crippen molar-refractivity contribution in [3.63, 3.8) is 0 Å². The molecule has 0 saturated carbocycles. The van der Waals surface area contributed by atoms with Crippen LogP contribution < -0.4 is 67.2 Å². The highest BCUT2D eigenvalue weighted by Gasteiger charge is 2.56. The number of alkyl carbamates (subject to hydrolysis) is 1. The molecule has 8 heterocycles. The Balaban J connectivity index is 0.984. The van der Waals surface area contributed by atoms with E-state index in [1.54, 1.807) is 45.0 Å². The van der Waals surface area contributed by atoms with Gasteiger partial charge in [-0.25, -0.2) is 14.4 Å². The Kier molecular flexibility index (Phi) is 30.1. The maximum absolute atomic E-state index is 16.5. The number of ether oxygens (including phenoxy) is 8. The Morgan fingerprint density at radius 1 is 0.720 bits per heavy atom. The molecule has 19 N–H and O–H groups in total. The lowest BCUT2D eigenvalue weighted by Crippen LogP contribution is -2.63. The number of aliphatic hydroxyl groups is 5. The molecule has 18 atom stereocenters. The first-order valence-corrected chi connectivity index (χ1v) is 42.1. The van der Waals surface area contributed by atoms with Crippen LogP contribution in [0.1, 0.15) is 176 Å². The summed E-state index contributed by atoms with van der Waals surface area (Å²) < 4.78 is 50.5. The predicted octanol–water partition coefficient (Wildman–Crippen LogP) is 7.57. The average molecular weight is 1780 g/mol. The number of anilines is 1. The molecular weight excluding hydrogens is 1670 g/mol. The summed E-state index contributed by atoms with van der Waals surface area (Å²) in [5.41, 5.74) is 2.35. The number of carboxylic acids is 1. The molecule has 6 aromatic carbocycles. The number of hydrogen-bond acceptors (Lipinski definition) is 27. The highest BCUT2D eigenvalue weighted by Crippen LogP contribution is 2.52. The highest BCUT2D eigenvalue weighted by molar-refractivity contribution is 6.32. The lowest BCUT2D eigenvalue weighted by Gasteiger charge is -2.46. The van der Waals surface area contributed by atoms with Gasteiger partial charge in [-0.1, -0.05) is 81.9 Å². The number of hydrogen-bond donors (Lipinski definition) is 18. The van der Waals surface area contributed by atoms with E-state index < -0.39 is 256 Å². The number of amides is 8. The van der Waals surface area contributed by atoms with Crippen LogP contribution in [-0.4, -0.2) is 198 Å². The molecule has 0 aliphatic carbocycles. The van der Waals surface area contributed by atoms with Gasteiger partial charge in [0.1, 0.15) is 83.1 Å². The molecule has 38 heteroatoms. The second kappa shape index (κ2) is 40.4. The maximum atomic E-state index is 16.5. The Morgan fingerprint density at radius 3 is 2.03 bits per heavy atom. The Bertz CT molecular complexity index is 5040. The smallest absolute Gasteiger partial charge is 0.408 e. The number of unbranched alkanes of at least 4 members (excludes halogenated alkanes) is 3. The van der Waals surface area contributed by atoms with Gasteiger partial charge in [0.2, 0.25) is 41.6 Å². The van der Waals surface area contributed by atoms with Gasteiger partial charge in [-0.15, -0.1) is 0 Å². The van der Waals surface area contributed by atoms with Gasteiger partial charge in [0.15, 0.2) is 47.6 Å². The minimum absolute atomic E-state index is 0.0351. The fraction of sp³-hybridized carbons (Fsp3) is 0.471. The molecule has 0 spiro atoms. The third kappa shape index (κ3) is 21.5. The molecule has 8 aliphatic rings. The minimum atomic E-state index is -2.32. The van der Waals surface area contributed by atoms with Gasteiger partial charge in [-0.05, 0) is 160 Å². The monoisotopic (exact) mass is 1780 g/mol. The van der Waals surface area contributed by atoms with E-state index in [-0.39, 0.29) is 77.2 Å². The zero-order chi connectivity index (χ0) is 90.2. The second-order valence-electron chi connectivity index (χ2n) is 32.6. The van der Waals surface area contributed by atoms with Gasteiger partial charge in [0, 0.05) is 67.1 Å². The quantitative estimate of drug-likeness (QED) is 0.0233. The molecule has 0 unspecified atom stereocenters. The summed E-state index contributed by atoms with van der Waals surface area (Å²) >= 11 is 14.4. The van der Waals surface area contributed by atoms with E-state index in [1.165, 1.54) is 24.3 Å². The lowest BCUT2D eigenvalue weighted by atomic mass is 9.84. The number of aliphatic hydroxyl groups excluding tert-OH is 5. The van der Waals surface area contributed by atoms with Crippen molar-refractivity contribution < 1.29 is 132 Å². The number of rotatable bonds is 26. The number of halogens is 2. The number of aromatic hydroxyl groups is 3. The van der Waals surface area contributed by atoms with E-state index in [0.29, 0.717) is 37.3 Å². The van der Waals surface area contributed by atoms with Crippen molar-refractivity contribution in [2.45, 2.75) is 216 Å². The topological polar surface area (TPSA) is 549 Å². The standard InChI is InChI=1S/C87H103Cl2N9O27/c1-7-9-12-25-118-48-18-16-47(17-19-48)93-85(116)92-24-11-10-23-91-37-52-56(101)35-51-66(73(52)107)50-27-42(13-20-55(50)100)49-34-58(103)67-45-31-61(120-59-21-14-43(28-53(59)88)71(105)69(96-79(110)41(8-2)26-39(3)4)57(102)30-46(33-64(90)104)80(111)94-67)76(62(32-45)121-60-22-15-44(29-54(60)89)72(106)70(97-81(49)112)82(113)95-68(51)83(114)115)124-84-77(75(109)74(108)63(38-99)122-84)123-65-36-87(6)78(40(5)119-65)125-86(117)98-87/h13-22,27-29,31-32,35,39-41,46,49,63,65,67-72,74-75,77-78,84,91,99-101,105-109H,7-12,23-26,30,33-34,36-38H2,1-6H3,(H2,90,104)(H,94,111)(H,95,113)(H,96,110)(H,97,112)(H,98,117)(H,114,115)(H2,92,93,116)/t40-,41+,46-,49+,63+,65-,67+,68-,69-,70-,71+,72+,74+,75-,77+,78+,84-,87-/m0/s1. The van der Waals surface area contributed by atoms with Gasteiger partial charge < -0.3 is 132 Å². The number of carbonyl (C=O) groups is 10. The second-order valence-corrected chi connectivity index (χ2v) is 33.4. The first kappa shape index (κ1) is 93.0. The van der Waals surface area contributed by atoms with Crippen LogP contribution in [-0.2, 0) is 63.8 Å². The van der Waals surface area contributed by atoms with Crippen LogP contribution in [0.25, 0.3) is 11.1 Å². The summed E-state index contributed by atoms with van der Waals surface area (Å²) in [7, 11) is 0. The number of phenolic OH excluding ortho intramolecular Hbond substituents is 3. The Hall–Kier alpha value is -11.2. The summed E-state index contributed by atoms with van der Waals surface area (Å²) in [5.74, 6) is -18.8. The Labute approximate surface area is 727 Å². The van der Waals surface area contributed by atoms with Crippen molar-refractivity contribution in [1.29, 1.82) is 0 Å². The number of aliphatic carboxylic acids is 1. The van der Waals surface area contributed by atoms with Crippen LogP contribution in [0, 0.1) is 17.8 Å². The Morgan fingerprint density at radius 2 is 1.39 bits per heavy atom. The maximum Gasteiger partial charge on any atom is 0.408 e. The van der Waals surface area contributed by atoms with Crippen LogP contribution in [0.15, 0.2) is 97.1 Å². The molecule has 14 rings (SSSR count). The van der Waals surface area contributed by atoms with Crippen molar-refractivity contribution >= 4 is 88.1 Å². The van der Waals surface area contributed by atoms with Gasteiger partial charge in [0.05, 0.1) is 52.3 Å². The van der Waals surface area contributed by atoms with Crippen molar-refractivity contribution in [1.82, 2.24) is 37.2 Å². The molecule has 36 nitrogen and oxygen atoms in total. The molecular formula is C87H103Cl2N9O27. The van der Waals surface area contributed by atoms with Gasteiger partial charge in [-0.2, -0.15) is 0 Å². The molecule has 0 aromatic heterocycles. The number of benzene rings is 6. The number of ketones is 2. The molecule has 6 aromatic rings. The SMILES string of the molecule is CCCCCOc1ccc(NC(=O)NCCCCNCc2c(O)cc3c(c2O)-c2cc(ccc2O)[C@H]2CC(=O)[C@@H]4NC(=O)[C@H](CC(N)=O)CC(=O)[C@H](NC(=O)[C@H](CC)CC(C)C)[C@H](O)c5ccc(c(Cl)c5)Oc5cc4cc(c5O[C@@H]4O[C@H](CO)[C@@H](O)[C@H](O)[C@H]4O[C@H]4C[C@]5(C)NC(=O)O[C@@H]5[C@H](C)O4)Oc4ccc(cc4Cl)[C@@H](O)[C@H](NC2=O)C(=O)N[C@@H]3C(=O)O)cc1. The zero-order valence-corrected chi connectivity index (χ0v) is 70.7. The van der Waals surface area contributed by atoms with Crippen molar-refractivity contribution in [2.75, 3.05) is 31.6 Å². The van der Waals surface area contributed by atoms with Gasteiger partial charge in [-0.3, -0.25) is 33.6 Å². The molecule has 3 fully saturated rings. The number of nitrogens with one attached hydrogen (secondary N) is 8. The van der Waals surface area contributed by atoms with Crippen molar-refractivity contribution in [3.8, 4) is 62.9 Å². The number of phenols is 3. The summed E-state index contributed by atoms with van der Waals surface area (Å²) in [6.07, 6.45) is -16.5. The van der Waals surface area contributed by atoms with Crippen LogP contribution in [0.2, 0.25) is 10.0 Å².